The summed E-state index contributed by atoms with van der Waals surface area (Å²) < 4.78 is 5.50. The van der Waals surface area contributed by atoms with Crippen molar-refractivity contribution in [2.45, 2.75) is 6.10 Å². The maximum atomic E-state index is 5.50. The molecule has 11 heavy (non-hydrogen) atoms. The minimum atomic E-state index is 0.403. The van der Waals surface area contributed by atoms with Gasteiger partial charge in [0.2, 0.25) is 0 Å². The molecule has 1 unspecified atom stereocenters. The van der Waals surface area contributed by atoms with E-state index in [1.165, 1.54) is 0 Å². The zero-order valence-electron chi connectivity index (χ0n) is 6.71. The van der Waals surface area contributed by atoms with Gasteiger partial charge in [-0.15, -0.1) is 0 Å². The summed E-state index contributed by atoms with van der Waals surface area (Å²) in [7, 11) is 0. The third-order valence-electron chi connectivity index (χ3n) is 1.57. The van der Waals surface area contributed by atoms with E-state index in [1.807, 2.05) is 11.8 Å². The SMILES string of the molecule is NCCSCC1CNCCO1. The monoisotopic (exact) mass is 176 g/mol. The van der Waals surface area contributed by atoms with Crippen LogP contribution in [0.2, 0.25) is 0 Å². The molecule has 1 atom stereocenters. The second-order valence-electron chi connectivity index (χ2n) is 2.56. The lowest BCUT2D eigenvalue weighted by molar-refractivity contribution is 0.0441. The number of hydrogen-bond donors (Lipinski definition) is 2. The summed E-state index contributed by atoms with van der Waals surface area (Å²) in [4.78, 5) is 0. The van der Waals surface area contributed by atoms with Crippen LogP contribution in [0.15, 0.2) is 0 Å². The number of thioether (sulfide) groups is 1. The lowest BCUT2D eigenvalue weighted by Crippen LogP contribution is -2.39. The molecule has 0 bridgehead atoms. The highest BCUT2D eigenvalue weighted by molar-refractivity contribution is 7.99. The van der Waals surface area contributed by atoms with E-state index in [2.05, 4.69) is 5.32 Å². The minimum Gasteiger partial charge on any atom is -0.375 e. The molecule has 1 aliphatic rings. The second kappa shape index (κ2) is 5.83. The van der Waals surface area contributed by atoms with Crippen molar-refractivity contribution in [2.75, 3.05) is 37.7 Å². The standard InChI is InChI=1S/C7H16N2OS/c8-1-4-11-6-7-5-9-2-3-10-7/h7,9H,1-6,8H2. The van der Waals surface area contributed by atoms with Crippen molar-refractivity contribution in [1.82, 2.24) is 5.32 Å². The number of morpholine rings is 1. The van der Waals surface area contributed by atoms with E-state index in [9.17, 15) is 0 Å². The van der Waals surface area contributed by atoms with Crippen LogP contribution >= 0.6 is 11.8 Å². The summed E-state index contributed by atoms with van der Waals surface area (Å²) >= 11 is 1.87. The molecule has 3 N–H and O–H groups in total. The summed E-state index contributed by atoms with van der Waals surface area (Å²) in [5.41, 5.74) is 5.37. The van der Waals surface area contributed by atoms with Crippen LogP contribution in [0.3, 0.4) is 0 Å². The van der Waals surface area contributed by atoms with Crippen LogP contribution in [-0.2, 0) is 4.74 Å². The average molecular weight is 176 g/mol. The smallest absolute Gasteiger partial charge is 0.0790 e. The Hall–Kier alpha value is 0.230. The molecule has 1 aliphatic heterocycles. The molecule has 0 aromatic rings. The summed E-state index contributed by atoms with van der Waals surface area (Å²) in [5.74, 6) is 2.12. The Balaban J connectivity index is 1.96. The summed E-state index contributed by atoms with van der Waals surface area (Å²) in [6, 6.07) is 0. The van der Waals surface area contributed by atoms with E-state index in [-0.39, 0.29) is 0 Å². The van der Waals surface area contributed by atoms with Gasteiger partial charge in [0.1, 0.15) is 0 Å². The first-order valence-electron chi connectivity index (χ1n) is 4.03. The van der Waals surface area contributed by atoms with Crippen molar-refractivity contribution in [3.05, 3.63) is 0 Å². The number of hydrogen-bond acceptors (Lipinski definition) is 4. The van der Waals surface area contributed by atoms with Gasteiger partial charge in [0.25, 0.3) is 0 Å². The van der Waals surface area contributed by atoms with Gasteiger partial charge in [-0.3, -0.25) is 0 Å². The van der Waals surface area contributed by atoms with E-state index in [1.54, 1.807) is 0 Å². The lowest BCUT2D eigenvalue weighted by Gasteiger charge is -2.22. The molecule has 66 valence electrons. The Morgan fingerprint density at radius 2 is 2.55 bits per heavy atom. The van der Waals surface area contributed by atoms with Gasteiger partial charge in [-0.2, -0.15) is 11.8 Å². The zero-order chi connectivity index (χ0) is 7.94. The quantitative estimate of drug-likeness (QED) is 0.576. The van der Waals surface area contributed by atoms with Gasteiger partial charge in [0.05, 0.1) is 12.7 Å². The molecule has 0 radical (unpaired) electrons. The maximum Gasteiger partial charge on any atom is 0.0790 e. The second-order valence-corrected chi connectivity index (χ2v) is 3.71. The highest BCUT2D eigenvalue weighted by Crippen LogP contribution is 2.05. The molecule has 0 spiro atoms. The van der Waals surface area contributed by atoms with E-state index in [4.69, 9.17) is 10.5 Å². The van der Waals surface area contributed by atoms with E-state index >= 15 is 0 Å². The fourth-order valence-corrected chi connectivity index (χ4v) is 1.84. The number of nitrogens with two attached hydrogens (primary N) is 1. The third-order valence-corrected chi connectivity index (χ3v) is 2.70. The molecule has 0 aromatic heterocycles. The van der Waals surface area contributed by atoms with Gasteiger partial charge in [0, 0.05) is 31.1 Å². The Morgan fingerprint density at radius 3 is 3.18 bits per heavy atom. The van der Waals surface area contributed by atoms with Crippen molar-refractivity contribution in [3.63, 3.8) is 0 Å². The zero-order valence-corrected chi connectivity index (χ0v) is 7.53. The highest BCUT2D eigenvalue weighted by Gasteiger charge is 2.11. The van der Waals surface area contributed by atoms with Gasteiger partial charge in [-0.05, 0) is 0 Å². The number of nitrogens with one attached hydrogen (secondary N) is 1. The molecular weight excluding hydrogens is 160 g/mol. The van der Waals surface area contributed by atoms with Gasteiger partial charge >= 0.3 is 0 Å². The largest absolute Gasteiger partial charge is 0.375 e. The summed E-state index contributed by atoms with van der Waals surface area (Å²) in [5, 5.41) is 3.29. The van der Waals surface area contributed by atoms with Crippen molar-refractivity contribution in [2.24, 2.45) is 5.73 Å². The van der Waals surface area contributed by atoms with Gasteiger partial charge in [-0.1, -0.05) is 0 Å². The fourth-order valence-electron chi connectivity index (χ4n) is 1.02. The van der Waals surface area contributed by atoms with Crippen LogP contribution in [0.5, 0.6) is 0 Å². The number of rotatable bonds is 4. The summed E-state index contributed by atoms with van der Waals surface area (Å²) in [6.07, 6.45) is 0.403. The summed E-state index contributed by atoms with van der Waals surface area (Å²) in [6.45, 7) is 3.62. The average Bonchev–Trinajstić information content (AvgIpc) is 2.07. The fraction of sp³-hybridized carbons (Fsp3) is 1.00. The molecule has 1 rings (SSSR count). The molecule has 0 saturated carbocycles. The molecule has 1 heterocycles. The van der Waals surface area contributed by atoms with Crippen molar-refractivity contribution in [3.8, 4) is 0 Å². The Labute approximate surface area is 72.0 Å². The molecule has 0 aliphatic carbocycles. The predicted octanol–water partition coefficient (Wildman–Crippen LogP) is -0.333. The molecule has 1 fully saturated rings. The Kier molecular flexibility index (Phi) is 4.94. The van der Waals surface area contributed by atoms with Crippen LogP contribution in [0, 0.1) is 0 Å². The normalized spacial score (nSPS) is 25.4. The van der Waals surface area contributed by atoms with Gasteiger partial charge in [-0.25, -0.2) is 0 Å². The van der Waals surface area contributed by atoms with Crippen LogP contribution in [0.1, 0.15) is 0 Å². The van der Waals surface area contributed by atoms with Crippen LogP contribution in [-0.4, -0.2) is 43.9 Å². The molecule has 0 aromatic carbocycles. The van der Waals surface area contributed by atoms with E-state index in [0.29, 0.717) is 6.10 Å². The third kappa shape index (κ3) is 3.96. The van der Waals surface area contributed by atoms with Crippen LogP contribution < -0.4 is 11.1 Å². The Morgan fingerprint density at radius 1 is 1.64 bits per heavy atom. The Bertz CT molecular complexity index is 96.4. The molecule has 1 saturated heterocycles. The minimum absolute atomic E-state index is 0.403. The first-order chi connectivity index (χ1) is 5.43. The maximum absolute atomic E-state index is 5.50. The molecule has 4 heteroatoms. The van der Waals surface area contributed by atoms with Crippen LogP contribution in [0.25, 0.3) is 0 Å². The topological polar surface area (TPSA) is 47.3 Å². The van der Waals surface area contributed by atoms with Gasteiger partial charge < -0.3 is 15.8 Å². The van der Waals surface area contributed by atoms with Crippen molar-refractivity contribution < 1.29 is 4.74 Å². The van der Waals surface area contributed by atoms with E-state index in [0.717, 1.165) is 37.7 Å². The van der Waals surface area contributed by atoms with Crippen molar-refractivity contribution >= 4 is 11.8 Å². The predicted molar refractivity (Wildman–Crippen MR) is 49.0 cm³/mol. The molecular formula is C7H16N2OS. The van der Waals surface area contributed by atoms with E-state index < -0.39 is 0 Å². The highest BCUT2D eigenvalue weighted by atomic mass is 32.2. The first kappa shape index (κ1) is 9.32. The molecule has 0 amide bonds. The molecule has 3 nitrogen and oxygen atoms in total. The number of ether oxygens (including phenoxy) is 1. The van der Waals surface area contributed by atoms with Crippen LogP contribution in [0.4, 0.5) is 0 Å². The lowest BCUT2D eigenvalue weighted by atomic mass is 10.3. The van der Waals surface area contributed by atoms with Gasteiger partial charge in [0.15, 0.2) is 0 Å². The first-order valence-corrected chi connectivity index (χ1v) is 5.19. The van der Waals surface area contributed by atoms with Crippen molar-refractivity contribution in [1.29, 1.82) is 0 Å².